The average Bonchev–Trinajstić information content (AvgIpc) is 3.07. The third-order valence-corrected chi connectivity index (χ3v) is 3.66. The van der Waals surface area contributed by atoms with Crippen LogP contribution in [0.3, 0.4) is 0 Å². The lowest BCUT2D eigenvalue weighted by Crippen LogP contribution is -2.00. The van der Waals surface area contributed by atoms with Crippen molar-refractivity contribution in [2.24, 2.45) is 0 Å². The summed E-state index contributed by atoms with van der Waals surface area (Å²) in [4.78, 5) is 16.3. The summed E-state index contributed by atoms with van der Waals surface area (Å²) in [5.41, 5.74) is 8.15. The second kappa shape index (κ2) is 6.12. The molecule has 0 saturated carbocycles. The highest BCUT2D eigenvalue weighted by Gasteiger charge is 2.13. The number of imidazole rings is 1. The van der Waals surface area contributed by atoms with Gasteiger partial charge in [0, 0.05) is 10.3 Å². The van der Waals surface area contributed by atoms with Crippen LogP contribution < -0.4 is 15.2 Å². The normalized spacial score (nSPS) is 10.8. The Morgan fingerprint density at radius 2 is 1.88 bits per heavy atom. The standard InChI is InChI=1S/C18H15N5O2.3H2/c1-24-11-5-4-6-12(9-11)25-15-10-20-17(19)16(23-15)18-21-13-7-2-3-8-14(13)22-18;;;/h2-10H,1H3,(H2,19,20)(H,21,22);3*1H. The van der Waals surface area contributed by atoms with Gasteiger partial charge in [0.2, 0.25) is 5.88 Å². The molecule has 0 atom stereocenters. The first-order chi connectivity index (χ1) is 12.2. The highest BCUT2D eigenvalue weighted by Crippen LogP contribution is 2.28. The molecule has 0 aliphatic rings. The predicted octanol–water partition coefficient (Wildman–Crippen LogP) is 4.14. The van der Waals surface area contributed by atoms with Gasteiger partial charge >= 0.3 is 0 Å². The molecule has 4 rings (SSSR count). The van der Waals surface area contributed by atoms with E-state index in [0.29, 0.717) is 28.9 Å². The largest absolute Gasteiger partial charge is 0.497 e. The number of hydrogen-bond acceptors (Lipinski definition) is 6. The van der Waals surface area contributed by atoms with Gasteiger partial charge in [-0.15, -0.1) is 0 Å². The zero-order valence-corrected chi connectivity index (χ0v) is 13.4. The number of para-hydroxylation sites is 2. The summed E-state index contributed by atoms with van der Waals surface area (Å²) in [5.74, 6) is 2.42. The highest BCUT2D eigenvalue weighted by atomic mass is 16.5. The molecule has 7 heteroatoms. The minimum atomic E-state index is 0. The molecule has 0 bridgehead atoms. The number of methoxy groups -OCH3 is 1. The van der Waals surface area contributed by atoms with Crippen molar-refractivity contribution >= 4 is 16.9 Å². The fourth-order valence-electron chi connectivity index (χ4n) is 2.46. The number of aromatic amines is 1. The van der Waals surface area contributed by atoms with Crippen molar-refractivity contribution in [3.05, 3.63) is 54.7 Å². The molecule has 130 valence electrons. The maximum atomic E-state index is 5.97. The van der Waals surface area contributed by atoms with E-state index < -0.39 is 0 Å². The van der Waals surface area contributed by atoms with Gasteiger partial charge < -0.3 is 20.2 Å². The zero-order valence-electron chi connectivity index (χ0n) is 13.4. The summed E-state index contributed by atoms with van der Waals surface area (Å²) < 4.78 is 10.9. The lowest BCUT2D eigenvalue weighted by molar-refractivity contribution is 0.407. The number of rotatable bonds is 4. The van der Waals surface area contributed by atoms with Crippen molar-refractivity contribution in [1.82, 2.24) is 19.9 Å². The summed E-state index contributed by atoms with van der Waals surface area (Å²) >= 11 is 0. The molecule has 2 aromatic heterocycles. The number of nitrogens with two attached hydrogens (primary N) is 1. The Kier molecular flexibility index (Phi) is 3.66. The molecule has 0 aliphatic heterocycles. The number of nitrogen functional groups attached to an aromatic ring is 1. The third-order valence-electron chi connectivity index (χ3n) is 3.66. The van der Waals surface area contributed by atoms with Crippen LogP contribution in [0.25, 0.3) is 22.6 Å². The van der Waals surface area contributed by atoms with Crippen LogP contribution in [0.2, 0.25) is 0 Å². The number of aromatic nitrogens is 4. The first kappa shape index (κ1) is 14.9. The summed E-state index contributed by atoms with van der Waals surface area (Å²) in [6.45, 7) is 0. The Hall–Kier alpha value is -3.61. The van der Waals surface area contributed by atoms with Crippen LogP contribution >= 0.6 is 0 Å². The van der Waals surface area contributed by atoms with Gasteiger partial charge in [-0.1, -0.05) is 18.2 Å². The number of benzene rings is 2. The van der Waals surface area contributed by atoms with E-state index in [-0.39, 0.29) is 10.1 Å². The molecule has 0 saturated heterocycles. The monoisotopic (exact) mass is 339 g/mol. The molecule has 7 nitrogen and oxygen atoms in total. The van der Waals surface area contributed by atoms with Crippen molar-refractivity contribution in [2.75, 3.05) is 12.8 Å². The van der Waals surface area contributed by atoms with Crippen LogP contribution in [0.15, 0.2) is 54.7 Å². The predicted molar refractivity (Wildman–Crippen MR) is 101 cm³/mol. The molecule has 0 radical (unpaired) electrons. The number of fused-ring (bicyclic) bond motifs is 1. The number of nitrogens with zero attached hydrogens (tertiary/aromatic N) is 3. The van der Waals surface area contributed by atoms with Crippen molar-refractivity contribution < 1.29 is 13.8 Å². The summed E-state index contributed by atoms with van der Waals surface area (Å²) in [7, 11) is 1.60. The fourth-order valence-corrected chi connectivity index (χ4v) is 2.46. The van der Waals surface area contributed by atoms with Gasteiger partial charge in [-0.3, -0.25) is 0 Å². The Balaban J connectivity index is 0.00000131. The lowest BCUT2D eigenvalue weighted by atomic mass is 10.3. The van der Waals surface area contributed by atoms with Crippen molar-refractivity contribution in [3.63, 3.8) is 0 Å². The topological polar surface area (TPSA) is 98.9 Å². The molecule has 2 aromatic carbocycles. The first-order valence-electron chi connectivity index (χ1n) is 7.62. The summed E-state index contributed by atoms with van der Waals surface area (Å²) in [6, 6.07) is 14.9. The van der Waals surface area contributed by atoms with Crippen LogP contribution in [0.5, 0.6) is 17.4 Å². The molecular formula is C18H21N5O2. The quantitative estimate of drug-likeness (QED) is 0.580. The maximum absolute atomic E-state index is 5.97. The van der Waals surface area contributed by atoms with Crippen LogP contribution in [-0.4, -0.2) is 27.0 Å². The number of ether oxygens (including phenoxy) is 2. The van der Waals surface area contributed by atoms with E-state index >= 15 is 0 Å². The van der Waals surface area contributed by atoms with Crippen molar-refractivity contribution in [2.45, 2.75) is 0 Å². The lowest BCUT2D eigenvalue weighted by Gasteiger charge is -2.08. The minimum absolute atomic E-state index is 0. The molecule has 2 heterocycles. The number of hydrogen-bond donors (Lipinski definition) is 2. The SMILES string of the molecule is COc1cccc(Oc2cnc(N)c(-c3nc4ccccc4[nH]3)n2)c1.[HH].[HH].[HH]. The molecule has 3 N–H and O–H groups in total. The fraction of sp³-hybridized carbons (Fsp3) is 0.0556. The van der Waals surface area contributed by atoms with Crippen LogP contribution in [0.4, 0.5) is 5.82 Å². The molecule has 0 aliphatic carbocycles. The van der Waals surface area contributed by atoms with E-state index in [1.807, 2.05) is 36.4 Å². The van der Waals surface area contributed by atoms with Gasteiger partial charge in [-0.05, 0) is 24.3 Å². The Morgan fingerprint density at radius 1 is 1.04 bits per heavy atom. The second-order valence-electron chi connectivity index (χ2n) is 5.33. The number of H-pyrrole nitrogens is 1. The first-order valence-corrected chi connectivity index (χ1v) is 7.62. The summed E-state index contributed by atoms with van der Waals surface area (Å²) in [6.07, 6.45) is 1.47. The van der Waals surface area contributed by atoms with E-state index in [0.717, 1.165) is 11.0 Å². The molecule has 0 amide bonds. The molecule has 4 aromatic rings. The van der Waals surface area contributed by atoms with Crippen LogP contribution in [0.1, 0.15) is 4.28 Å². The summed E-state index contributed by atoms with van der Waals surface area (Å²) in [5, 5.41) is 0. The Morgan fingerprint density at radius 3 is 2.72 bits per heavy atom. The van der Waals surface area contributed by atoms with Gasteiger partial charge in [-0.25, -0.2) is 15.0 Å². The third kappa shape index (κ3) is 2.94. The van der Waals surface area contributed by atoms with Gasteiger partial charge in [0.05, 0.1) is 24.3 Å². The minimum Gasteiger partial charge on any atom is -0.497 e. The number of nitrogens with one attached hydrogen (secondary N) is 1. The van der Waals surface area contributed by atoms with E-state index in [9.17, 15) is 0 Å². The van der Waals surface area contributed by atoms with Gasteiger partial charge in [0.15, 0.2) is 17.3 Å². The maximum Gasteiger partial charge on any atom is 0.238 e. The van der Waals surface area contributed by atoms with E-state index in [4.69, 9.17) is 15.2 Å². The van der Waals surface area contributed by atoms with Gasteiger partial charge in [-0.2, -0.15) is 0 Å². The van der Waals surface area contributed by atoms with Gasteiger partial charge in [0.1, 0.15) is 11.5 Å². The molecule has 0 spiro atoms. The molecular weight excluding hydrogens is 318 g/mol. The van der Waals surface area contributed by atoms with E-state index in [1.54, 1.807) is 19.2 Å². The second-order valence-corrected chi connectivity index (χ2v) is 5.33. The van der Waals surface area contributed by atoms with E-state index in [2.05, 4.69) is 19.9 Å². The molecule has 25 heavy (non-hydrogen) atoms. The van der Waals surface area contributed by atoms with Crippen molar-refractivity contribution in [3.8, 4) is 28.9 Å². The Labute approximate surface area is 147 Å². The molecule has 0 unspecified atom stereocenters. The van der Waals surface area contributed by atoms with E-state index in [1.165, 1.54) is 6.20 Å². The number of anilines is 1. The Bertz CT molecular complexity index is 1030. The highest BCUT2D eigenvalue weighted by molar-refractivity contribution is 5.80. The van der Waals surface area contributed by atoms with Crippen LogP contribution in [-0.2, 0) is 0 Å². The average molecular weight is 339 g/mol. The zero-order chi connectivity index (χ0) is 17.2. The van der Waals surface area contributed by atoms with Gasteiger partial charge in [0.25, 0.3) is 0 Å². The van der Waals surface area contributed by atoms with Crippen LogP contribution in [0, 0.1) is 0 Å². The van der Waals surface area contributed by atoms with Crippen molar-refractivity contribution in [1.29, 1.82) is 0 Å². The molecule has 0 fully saturated rings. The smallest absolute Gasteiger partial charge is 0.238 e.